The van der Waals surface area contributed by atoms with Crippen LogP contribution in [0.4, 0.5) is 0 Å². The summed E-state index contributed by atoms with van der Waals surface area (Å²) in [6, 6.07) is 5.70. The quantitative estimate of drug-likeness (QED) is 0.567. The highest BCUT2D eigenvalue weighted by Gasteiger charge is 2.03. The van der Waals surface area contributed by atoms with Gasteiger partial charge in [-0.05, 0) is 24.1 Å². The van der Waals surface area contributed by atoms with Gasteiger partial charge in [-0.2, -0.15) is 0 Å². The van der Waals surface area contributed by atoms with Crippen molar-refractivity contribution in [3.8, 4) is 11.5 Å². The number of benzene rings is 1. The van der Waals surface area contributed by atoms with Crippen molar-refractivity contribution in [2.24, 2.45) is 0 Å². The Hall–Kier alpha value is -2.17. The van der Waals surface area contributed by atoms with E-state index in [1.165, 1.54) is 6.20 Å². The lowest BCUT2D eigenvalue weighted by atomic mass is 10.1. The third kappa shape index (κ3) is 4.37. The van der Waals surface area contributed by atoms with E-state index in [9.17, 15) is 4.79 Å². The highest BCUT2D eigenvalue weighted by Crippen LogP contribution is 2.27. The summed E-state index contributed by atoms with van der Waals surface area (Å²) in [5.41, 5.74) is 1.09. The van der Waals surface area contributed by atoms with Crippen molar-refractivity contribution in [2.45, 2.75) is 6.42 Å². The Labute approximate surface area is 106 Å². The highest BCUT2D eigenvalue weighted by atomic mass is 16.5. The van der Waals surface area contributed by atoms with E-state index in [-0.39, 0.29) is 0 Å². The second-order valence-corrected chi connectivity index (χ2v) is 3.57. The van der Waals surface area contributed by atoms with E-state index in [0.717, 1.165) is 18.1 Å². The van der Waals surface area contributed by atoms with Crippen molar-refractivity contribution < 1.29 is 19.4 Å². The average molecular weight is 251 g/mol. The smallest absolute Gasteiger partial charge is 0.329 e. The lowest BCUT2D eigenvalue weighted by Gasteiger charge is -2.09. The Morgan fingerprint density at radius 3 is 2.67 bits per heavy atom. The Kier molecular flexibility index (Phi) is 5.57. The zero-order valence-corrected chi connectivity index (χ0v) is 10.5. The van der Waals surface area contributed by atoms with E-state index in [0.29, 0.717) is 18.0 Å². The lowest BCUT2D eigenvalue weighted by Crippen LogP contribution is -2.10. The first-order valence-corrected chi connectivity index (χ1v) is 5.51. The minimum atomic E-state index is -0.964. The summed E-state index contributed by atoms with van der Waals surface area (Å²) >= 11 is 0. The first-order chi connectivity index (χ1) is 8.67. The summed E-state index contributed by atoms with van der Waals surface area (Å²) in [7, 11) is 3.19. The number of aliphatic carboxylic acids is 1. The maximum Gasteiger partial charge on any atom is 0.329 e. The Bertz CT molecular complexity index is 429. The number of methoxy groups -OCH3 is 2. The SMILES string of the molecule is COc1ccc(CCN/C=C/C(=O)O)cc1OC. The van der Waals surface area contributed by atoms with Crippen LogP contribution in [-0.4, -0.2) is 31.8 Å². The van der Waals surface area contributed by atoms with Crippen LogP contribution in [0.2, 0.25) is 0 Å². The predicted octanol–water partition coefficient (Wildman–Crippen LogP) is 1.43. The van der Waals surface area contributed by atoms with E-state index in [1.807, 2.05) is 18.2 Å². The van der Waals surface area contributed by atoms with Crippen LogP contribution in [0.1, 0.15) is 5.56 Å². The van der Waals surface area contributed by atoms with Crippen LogP contribution in [-0.2, 0) is 11.2 Å². The number of nitrogens with one attached hydrogen (secondary N) is 1. The van der Waals surface area contributed by atoms with Gasteiger partial charge in [0.2, 0.25) is 0 Å². The van der Waals surface area contributed by atoms with Crippen molar-refractivity contribution in [1.82, 2.24) is 5.32 Å². The van der Waals surface area contributed by atoms with Gasteiger partial charge in [-0.25, -0.2) is 4.79 Å². The number of rotatable bonds is 7. The Morgan fingerprint density at radius 2 is 2.06 bits per heavy atom. The lowest BCUT2D eigenvalue weighted by molar-refractivity contribution is -0.131. The monoisotopic (exact) mass is 251 g/mol. The fourth-order valence-corrected chi connectivity index (χ4v) is 1.47. The van der Waals surface area contributed by atoms with Gasteiger partial charge >= 0.3 is 5.97 Å². The van der Waals surface area contributed by atoms with Crippen LogP contribution >= 0.6 is 0 Å². The summed E-state index contributed by atoms with van der Waals surface area (Å²) in [4.78, 5) is 10.2. The molecule has 0 unspecified atom stereocenters. The molecule has 0 heterocycles. The molecule has 2 N–H and O–H groups in total. The van der Waals surface area contributed by atoms with Crippen molar-refractivity contribution in [2.75, 3.05) is 20.8 Å². The van der Waals surface area contributed by atoms with Gasteiger partial charge < -0.3 is 19.9 Å². The largest absolute Gasteiger partial charge is 0.493 e. The zero-order valence-electron chi connectivity index (χ0n) is 10.5. The number of hydrogen-bond donors (Lipinski definition) is 2. The molecule has 18 heavy (non-hydrogen) atoms. The maximum absolute atomic E-state index is 10.2. The molecule has 0 atom stereocenters. The average Bonchev–Trinajstić information content (AvgIpc) is 2.37. The van der Waals surface area contributed by atoms with Crippen molar-refractivity contribution in [3.63, 3.8) is 0 Å². The maximum atomic E-state index is 10.2. The van der Waals surface area contributed by atoms with E-state index in [1.54, 1.807) is 14.2 Å². The molecule has 0 spiro atoms. The molecule has 0 aliphatic rings. The number of hydrogen-bond acceptors (Lipinski definition) is 4. The van der Waals surface area contributed by atoms with Crippen molar-refractivity contribution in [1.29, 1.82) is 0 Å². The van der Waals surface area contributed by atoms with E-state index in [2.05, 4.69) is 5.32 Å². The molecule has 0 aliphatic heterocycles. The molecular weight excluding hydrogens is 234 g/mol. The van der Waals surface area contributed by atoms with Gasteiger partial charge in [0.25, 0.3) is 0 Å². The molecule has 0 fully saturated rings. The van der Waals surface area contributed by atoms with E-state index >= 15 is 0 Å². The fourth-order valence-electron chi connectivity index (χ4n) is 1.47. The summed E-state index contributed by atoms with van der Waals surface area (Å²) in [6.07, 6.45) is 3.25. The van der Waals surface area contributed by atoms with Gasteiger partial charge in [-0.3, -0.25) is 0 Å². The van der Waals surface area contributed by atoms with Gasteiger partial charge in [0.1, 0.15) is 0 Å². The topological polar surface area (TPSA) is 67.8 Å². The van der Waals surface area contributed by atoms with E-state index < -0.39 is 5.97 Å². The number of ether oxygens (including phenoxy) is 2. The molecule has 1 rings (SSSR count). The molecule has 5 nitrogen and oxygen atoms in total. The van der Waals surface area contributed by atoms with Crippen LogP contribution in [0.5, 0.6) is 11.5 Å². The first kappa shape index (κ1) is 13.9. The van der Waals surface area contributed by atoms with Crippen molar-refractivity contribution in [3.05, 3.63) is 36.0 Å². The first-order valence-electron chi connectivity index (χ1n) is 5.51. The molecule has 0 amide bonds. The second kappa shape index (κ2) is 7.21. The molecule has 0 saturated heterocycles. The zero-order chi connectivity index (χ0) is 13.4. The Morgan fingerprint density at radius 1 is 1.33 bits per heavy atom. The van der Waals surface area contributed by atoms with Gasteiger partial charge in [0.05, 0.1) is 14.2 Å². The van der Waals surface area contributed by atoms with Crippen LogP contribution in [0.25, 0.3) is 0 Å². The van der Waals surface area contributed by atoms with Crippen molar-refractivity contribution >= 4 is 5.97 Å². The molecule has 5 heteroatoms. The summed E-state index contributed by atoms with van der Waals surface area (Å²) in [6.45, 7) is 0.652. The number of carboxylic acids is 1. The summed E-state index contributed by atoms with van der Waals surface area (Å²) < 4.78 is 10.3. The molecule has 0 radical (unpaired) electrons. The molecule has 0 bridgehead atoms. The molecule has 0 saturated carbocycles. The molecule has 1 aromatic carbocycles. The molecule has 1 aromatic rings. The molecule has 0 aromatic heterocycles. The van der Waals surface area contributed by atoms with Gasteiger partial charge in [0.15, 0.2) is 11.5 Å². The molecular formula is C13H17NO4. The third-order valence-electron chi connectivity index (χ3n) is 2.35. The summed E-state index contributed by atoms with van der Waals surface area (Å²) in [5.74, 6) is 0.421. The van der Waals surface area contributed by atoms with Crippen LogP contribution in [0.3, 0.4) is 0 Å². The van der Waals surface area contributed by atoms with Gasteiger partial charge in [-0.15, -0.1) is 0 Å². The van der Waals surface area contributed by atoms with Crippen LogP contribution < -0.4 is 14.8 Å². The van der Waals surface area contributed by atoms with Gasteiger partial charge in [-0.1, -0.05) is 6.07 Å². The fraction of sp³-hybridized carbons (Fsp3) is 0.308. The number of carbonyl (C=O) groups is 1. The van der Waals surface area contributed by atoms with Crippen LogP contribution in [0, 0.1) is 0 Å². The van der Waals surface area contributed by atoms with Crippen LogP contribution in [0.15, 0.2) is 30.5 Å². The van der Waals surface area contributed by atoms with E-state index in [4.69, 9.17) is 14.6 Å². The molecule has 0 aliphatic carbocycles. The molecule has 98 valence electrons. The standard InChI is InChI=1S/C13H17NO4/c1-17-11-4-3-10(9-12(11)18-2)5-7-14-8-6-13(15)16/h3-4,6,8-9,14H,5,7H2,1-2H3,(H,15,16)/b8-6+. The Balaban J connectivity index is 2.50. The summed E-state index contributed by atoms with van der Waals surface area (Å²) in [5, 5.41) is 11.3. The normalized spacial score (nSPS) is 10.3. The third-order valence-corrected chi connectivity index (χ3v) is 2.35. The van der Waals surface area contributed by atoms with Gasteiger partial charge in [0, 0.05) is 18.8 Å². The highest BCUT2D eigenvalue weighted by molar-refractivity contribution is 5.79. The number of carboxylic acid groups (broad SMARTS) is 1. The predicted molar refractivity (Wildman–Crippen MR) is 68.0 cm³/mol. The minimum absolute atomic E-state index is 0.652. The minimum Gasteiger partial charge on any atom is -0.493 e. The second-order valence-electron chi connectivity index (χ2n) is 3.57.